The van der Waals surface area contributed by atoms with E-state index in [4.69, 9.17) is 4.98 Å². The maximum absolute atomic E-state index is 14.9. The molecule has 0 spiro atoms. The molecule has 1 fully saturated rings. The number of pyridine rings is 2. The summed E-state index contributed by atoms with van der Waals surface area (Å²) in [6.45, 7) is 3.24. The number of nitrogens with one attached hydrogen (secondary N) is 2. The molecule has 0 amide bonds. The molecule has 1 saturated carbocycles. The fourth-order valence-electron chi connectivity index (χ4n) is 4.61. The Morgan fingerprint density at radius 1 is 1.10 bits per heavy atom. The predicted octanol–water partition coefficient (Wildman–Crippen LogP) is 3.06. The Balaban J connectivity index is 1.15. The minimum absolute atomic E-state index is 0.139. The predicted molar refractivity (Wildman–Crippen MR) is 118 cm³/mol. The summed E-state index contributed by atoms with van der Waals surface area (Å²) < 4.78 is 18.7. The molecule has 4 heterocycles. The summed E-state index contributed by atoms with van der Waals surface area (Å²) in [6.07, 6.45) is 7.12. The minimum Gasteiger partial charge on any atom is -0.310 e. The Kier molecular flexibility index (Phi) is 5.41. The molecule has 2 N–H and O–H groups in total. The highest BCUT2D eigenvalue weighted by molar-refractivity contribution is 5.78. The third-order valence-electron chi connectivity index (χ3n) is 6.33. The van der Waals surface area contributed by atoms with Crippen molar-refractivity contribution in [2.24, 2.45) is 7.05 Å². The Labute approximate surface area is 180 Å². The third-order valence-corrected chi connectivity index (χ3v) is 6.33. The maximum atomic E-state index is 14.9. The van der Waals surface area contributed by atoms with E-state index in [1.54, 1.807) is 10.9 Å². The normalized spacial score (nSPS) is 21.8. The Morgan fingerprint density at radius 3 is 2.87 bits per heavy atom. The zero-order chi connectivity index (χ0) is 21.4. The Morgan fingerprint density at radius 2 is 2.00 bits per heavy atom. The summed E-state index contributed by atoms with van der Waals surface area (Å²) in [5.74, 6) is 0. The van der Waals surface area contributed by atoms with Crippen molar-refractivity contribution in [2.75, 3.05) is 0 Å². The van der Waals surface area contributed by atoms with Crippen LogP contribution < -0.4 is 10.6 Å². The number of aryl methyl sites for hydroxylation is 2. The fourth-order valence-corrected chi connectivity index (χ4v) is 4.61. The number of fused-ring (bicyclic) bond motifs is 2. The molecule has 4 aromatic rings. The quantitative estimate of drug-likeness (QED) is 0.501. The first-order valence-electron chi connectivity index (χ1n) is 10.9. The highest BCUT2D eigenvalue weighted by atomic mass is 19.1. The summed E-state index contributed by atoms with van der Waals surface area (Å²) in [5.41, 5.74) is 4.85. The second-order valence-corrected chi connectivity index (χ2v) is 8.47. The molecule has 31 heavy (non-hydrogen) atoms. The fraction of sp³-hybridized carbons (Fsp3) is 0.435. The molecule has 5 rings (SSSR count). The highest BCUT2D eigenvalue weighted by Gasteiger charge is 2.30. The van der Waals surface area contributed by atoms with Gasteiger partial charge in [0.15, 0.2) is 5.65 Å². The molecule has 0 aromatic carbocycles. The number of alkyl halides is 1. The van der Waals surface area contributed by atoms with Crippen LogP contribution in [-0.4, -0.2) is 42.4 Å². The van der Waals surface area contributed by atoms with E-state index >= 15 is 0 Å². The monoisotopic (exact) mass is 421 g/mol. The van der Waals surface area contributed by atoms with Crippen LogP contribution in [0.25, 0.3) is 16.7 Å². The van der Waals surface area contributed by atoms with Crippen LogP contribution in [-0.2, 0) is 20.1 Å². The lowest BCUT2D eigenvalue weighted by atomic mass is 9.89. The van der Waals surface area contributed by atoms with Crippen LogP contribution in [0.2, 0.25) is 0 Å². The van der Waals surface area contributed by atoms with Gasteiger partial charge in [0.05, 0.1) is 11.4 Å². The van der Waals surface area contributed by atoms with Crippen molar-refractivity contribution >= 4 is 16.7 Å². The van der Waals surface area contributed by atoms with Crippen molar-refractivity contribution in [1.82, 2.24) is 34.8 Å². The molecule has 0 saturated heterocycles. The topological polar surface area (TPSA) is 72.1 Å². The molecule has 4 aromatic heterocycles. The van der Waals surface area contributed by atoms with Gasteiger partial charge in [0.25, 0.3) is 0 Å². The summed E-state index contributed by atoms with van der Waals surface area (Å²) in [7, 11) is 1.90. The zero-order valence-electron chi connectivity index (χ0n) is 17.9. The van der Waals surface area contributed by atoms with E-state index in [-0.39, 0.29) is 12.1 Å². The van der Waals surface area contributed by atoms with Gasteiger partial charge in [-0.2, -0.15) is 5.10 Å². The SMILES string of the molecule is Cc1nn(C)c2nc(CN[C@@H]3CC[C@@H](NCc4cccn5ccnc45)C[C@@H]3F)ccc12. The summed E-state index contributed by atoms with van der Waals surface area (Å²) in [6, 6.07) is 8.18. The summed E-state index contributed by atoms with van der Waals surface area (Å²) >= 11 is 0. The molecule has 1 aliphatic rings. The second-order valence-electron chi connectivity index (χ2n) is 8.47. The van der Waals surface area contributed by atoms with E-state index in [1.165, 1.54) is 0 Å². The van der Waals surface area contributed by atoms with Crippen LogP contribution in [0.4, 0.5) is 4.39 Å². The zero-order valence-corrected chi connectivity index (χ0v) is 17.9. The molecule has 0 radical (unpaired) electrons. The van der Waals surface area contributed by atoms with Crippen molar-refractivity contribution < 1.29 is 4.39 Å². The van der Waals surface area contributed by atoms with Gasteiger partial charge in [0, 0.05) is 61.8 Å². The van der Waals surface area contributed by atoms with E-state index in [0.717, 1.165) is 46.5 Å². The van der Waals surface area contributed by atoms with Crippen LogP contribution in [0, 0.1) is 6.92 Å². The molecule has 0 aliphatic heterocycles. The molecule has 8 heteroatoms. The molecule has 7 nitrogen and oxygen atoms in total. The van der Waals surface area contributed by atoms with Crippen molar-refractivity contribution in [2.45, 2.75) is 57.5 Å². The minimum atomic E-state index is -0.879. The van der Waals surface area contributed by atoms with Gasteiger partial charge in [-0.05, 0) is 44.4 Å². The van der Waals surface area contributed by atoms with Crippen molar-refractivity contribution in [3.63, 3.8) is 0 Å². The molecular formula is C23H28FN7. The maximum Gasteiger partial charge on any atom is 0.158 e. The lowest BCUT2D eigenvalue weighted by Gasteiger charge is -2.33. The van der Waals surface area contributed by atoms with Gasteiger partial charge in [-0.25, -0.2) is 14.4 Å². The van der Waals surface area contributed by atoms with Crippen LogP contribution in [0.15, 0.2) is 42.9 Å². The largest absolute Gasteiger partial charge is 0.310 e. The number of hydrogen-bond acceptors (Lipinski definition) is 5. The average molecular weight is 422 g/mol. The van der Waals surface area contributed by atoms with Gasteiger partial charge >= 0.3 is 0 Å². The first-order chi connectivity index (χ1) is 15.1. The Bertz CT molecular complexity index is 1200. The molecule has 0 bridgehead atoms. The van der Waals surface area contributed by atoms with Gasteiger partial charge in [-0.1, -0.05) is 6.07 Å². The van der Waals surface area contributed by atoms with E-state index in [1.807, 2.05) is 42.9 Å². The number of hydrogen-bond donors (Lipinski definition) is 2. The first-order valence-corrected chi connectivity index (χ1v) is 10.9. The van der Waals surface area contributed by atoms with Crippen molar-refractivity contribution in [3.05, 3.63) is 59.8 Å². The van der Waals surface area contributed by atoms with Crippen LogP contribution in [0.1, 0.15) is 36.2 Å². The lowest BCUT2D eigenvalue weighted by molar-refractivity contribution is 0.160. The van der Waals surface area contributed by atoms with Crippen LogP contribution in [0.5, 0.6) is 0 Å². The number of imidazole rings is 1. The van der Waals surface area contributed by atoms with E-state index in [0.29, 0.717) is 19.5 Å². The molecule has 0 unspecified atom stereocenters. The van der Waals surface area contributed by atoms with Gasteiger partial charge in [0.1, 0.15) is 11.8 Å². The number of aromatic nitrogens is 5. The van der Waals surface area contributed by atoms with E-state index in [2.05, 4.69) is 32.8 Å². The lowest BCUT2D eigenvalue weighted by Crippen LogP contribution is -2.46. The van der Waals surface area contributed by atoms with Gasteiger partial charge < -0.3 is 15.0 Å². The van der Waals surface area contributed by atoms with Crippen LogP contribution in [0.3, 0.4) is 0 Å². The number of halogens is 1. The van der Waals surface area contributed by atoms with Crippen molar-refractivity contribution in [3.8, 4) is 0 Å². The molecule has 1 aliphatic carbocycles. The smallest absolute Gasteiger partial charge is 0.158 e. The number of nitrogens with zero attached hydrogens (tertiary/aromatic N) is 5. The third kappa shape index (κ3) is 4.05. The first kappa shape index (κ1) is 20.1. The van der Waals surface area contributed by atoms with E-state index < -0.39 is 6.17 Å². The van der Waals surface area contributed by atoms with Crippen molar-refractivity contribution in [1.29, 1.82) is 0 Å². The van der Waals surface area contributed by atoms with Gasteiger partial charge in [0.2, 0.25) is 0 Å². The standard InChI is InChI=1S/C23H28FN7/c1-15-19-7-5-18(28-23(19)30(2)29-15)14-27-21-8-6-17(12-20(21)24)26-13-16-4-3-10-31-11-9-25-22(16)31/h3-5,7,9-11,17,20-21,26-27H,6,8,12-14H2,1-2H3/t17-,20+,21-/m1/s1. The summed E-state index contributed by atoms with van der Waals surface area (Å²) in [5, 5.41) is 12.4. The number of rotatable bonds is 6. The summed E-state index contributed by atoms with van der Waals surface area (Å²) in [4.78, 5) is 9.11. The average Bonchev–Trinajstić information content (AvgIpc) is 3.36. The highest BCUT2D eigenvalue weighted by Crippen LogP contribution is 2.23. The van der Waals surface area contributed by atoms with Gasteiger partial charge in [-0.3, -0.25) is 4.68 Å². The molecule has 3 atom stereocenters. The molecular weight excluding hydrogens is 393 g/mol. The second kappa shape index (κ2) is 8.36. The van der Waals surface area contributed by atoms with Gasteiger partial charge in [-0.15, -0.1) is 0 Å². The molecule has 162 valence electrons. The Hall–Kier alpha value is -2.84. The van der Waals surface area contributed by atoms with E-state index in [9.17, 15) is 4.39 Å². The van der Waals surface area contributed by atoms with Crippen LogP contribution >= 0.6 is 0 Å².